The molecule has 0 atom stereocenters. The Balaban J connectivity index is 1.89. The third-order valence-corrected chi connectivity index (χ3v) is 3.54. The van der Waals surface area contributed by atoms with Crippen LogP contribution in [0.15, 0.2) is 34.9 Å². The van der Waals surface area contributed by atoms with E-state index in [0.29, 0.717) is 4.90 Å². The fourth-order valence-corrected chi connectivity index (χ4v) is 2.55. The van der Waals surface area contributed by atoms with Gasteiger partial charge in [0.2, 0.25) is 6.79 Å². The molecule has 128 valence electrons. The summed E-state index contributed by atoms with van der Waals surface area (Å²) in [5.41, 5.74) is -0.0277. The van der Waals surface area contributed by atoms with Crippen molar-refractivity contribution in [3.8, 4) is 11.5 Å². The molecule has 1 aliphatic rings. The van der Waals surface area contributed by atoms with Gasteiger partial charge in [0.1, 0.15) is 12.3 Å². The van der Waals surface area contributed by atoms with Gasteiger partial charge in [-0.2, -0.15) is 13.2 Å². The highest BCUT2D eigenvalue weighted by atomic mass is 35.5. The van der Waals surface area contributed by atoms with Crippen molar-refractivity contribution < 1.29 is 31.9 Å². The predicted molar refractivity (Wildman–Crippen MR) is 77.1 cm³/mol. The molecule has 1 amide bonds. The minimum absolute atomic E-state index is 0.0277. The molecule has 0 fully saturated rings. The highest BCUT2D eigenvalue weighted by molar-refractivity contribution is 6.32. The van der Waals surface area contributed by atoms with Crippen LogP contribution < -0.4 is 9.47 Å². The van der Waals surface area contributed by atoms with Gasteiger partial charge in [-0.3, -0.25) is 4.79 Å². The van der Waals surface area contributed by atoms with Gasteiger partial charge in [-0.1, -0.05) is 11.6 Å². The molecule has 9 heteroatoms. The van der Waals surface area contributed by atoms with Crippen molar-refractivity contribution in [1.82, 2.24) is 4.90 Å². The van der Waals surface area contributed by atoms with Crippen molar-refractivity contribution in [3.63, 3.8) is 0 Å². The fourth-order valence-electron chi connectivity index (χ4n) is 2.28. The average molecular weight is 362 g/mol. The topological polar surface area (TPSA) is 51.9 Å². The summed E-state index contributed by atoms with van der Waals surface area (Å²) >= 11 is 5.98. The number of nitrogens with zero attached hydrogens (tertiary/aromatic N) is 1. The van der Waals surface area contributed by atoms with Crippen LogP contribution in [0.2, 0.25) is 5.02 Å². The third kappa shape index (κ3) is 3.59. The summed E-state index contributed by atoms with van der Waals surface area (Å²) in [5, 5.41) is 0.0957. The molecule has 1 aromatic heterocycles. The number of rotatable bonds is 4. The van der Waals surface area contributed by atoms with Crippen LogP contribution in [0.4, 0.5) is 13.2 Å². The van der Waals surface area contributed by atoms with Gasteiger partial charge in [-0.25, -0.2) is 0 Å². The Morgan fingerprint density at radius 1 is 1.29 bits per heavy atom. The van der Waals surface area contributed by atoms with Crippen LogP contribution in [0.25, 0.3) is 0 Å². The second kappa shape index (κ2) is 6.27. The van der Waals surface area contributed by atoms with E-state index in [1.807, 2.05) is 0 Å². The Hall–Kier alpha value is -2.35. The van der Waals surface area contributed by atoms with Crippen molar-refractivity contribution >= 4 is 17.5 Å². The SMILES string of the molecule is O=C(c1cc(Cl)c2c(c1)OCO2)N(Cc1ccco1)CC(F)(F)F. The molecule has 0 aliphatic carbocycles. The van der Waals surface area contributed by atoms with Gasteiger partial charge in [0, 0.05) is 5.56 Å². The van der Waals surface area contributed by atoms with E-state index in [1.54, 1.807) is 0 Å². The molecule has 5 nitrogen and oxygen atoms in total. The van der Waals surface area contributed by atoms with E-state index in [1.165, 1.54) is 30.5 Å². The highest BCUT2D eigenvalue weighted by Crippen LogP contribution is 2.40. The predicted octanol–water partition coefficient (Wildman–Crippen LogP) is 3.87. The molecule has 0 saturated heterocycles. The first-order valence-electron chi connectivity index (χ1n) is 6.81. The number of amides is 1. The molecule has 0 unspecified atom stereocenters. The number of carbonyl (C=O) groups is 1. The molecule has 0 spiro atoms. The van der Waals surface area contributed by atoms with E-state index in [9.17, 15) is 18.0 Å². The lowest BCUT2D eigenvalue weighted by Crippen LogP contribution is -2.38. The van der Waals surface area contributed by atoms with Gasteiger partial charge in [0.25, 0.3) is 5.91 Å². The second-order valence-electron chi connectivity index (χ2n) is 5.05. The van der Waals surface area contributed by atoms with Crippen LogP contribution in [0.3, 0.4) is 0 Å². The molecule has 0 radical (unpaired) electrons. The van der Waals surface area contributed by atoms with E-state index < -0.39 is 18.6 Å². The van der Waals surface area contributed by atoms with Crippen LogP contribution in [0.5, 0.6) is 11.5 Å². The van der Waals surface area contributed by atoms with Gasteiger partial charge < -0.3 is 18.8 Å². The van der Waals surface area contributed by atoms with E-state index in [0.717, 1.165) is 0 Å². The summed E-state index contributed by atoms with van der Waals surface area (Å²) in [6, 6.07) is 5.58. The maximum atomic E-state index is 12.8. The van der Waals surface area contributed by atoms with E-state index in [2.05, 4.69) is 0 Å². The lowest BCUT2D eigenvalue weighted by Gasteiger charge is -2.23. The summed E-state index contributed by atoms with van der Waals surface area (Å²) in [5.74, 6) is -0.124. The first-order chi connectivity index (χ1) is 11.3. The average Bonchev–Trinajstić information content (AvgIpc) is 3.15. The number of benzene rings is 1. The molecular weight excluding hydrogens is 351 g/mol. The second-order valence-corrected chi connectivity index (χ2v) is 5.45. The summed E-state index contributed by atoms with van der Waals surface area (Å²) in [4.78, 5) is 13.2. The molecule has 1 aromatic carbocycles. The Morgan fingerprint density at radius 2 is 2.08 bits per heavy atom. The van der Waals surface area contributed by atoms with Crippen molar-refractivity contribution in [2.45, 2.75) is 12.7 Å². The molecule has 0 N–H and O–H groups in total. The van der Waals surface area contributed by atoms with Gasteiger partial charge in [-0.05, 0) is 24.3 Å². The minimum Gasteiger partial charge on any atom is -0.467 e. The number of hydrogen-bond acceptors (Lipinski definition) is 4. The molecular formula is C15H11ClF3NO4. The highest BCUT2D eigenvalue weighted by Gasteiger charge is 2.34. The molecule has 24 heavy (non-hydrogen) atoms. The van der Waals surface area contributed by atoms with Crippen molar-refractivity contribution in [2.24, 2.45) is 0 Å². The van der Waals surface area contributed by atoms with Gasteiger partial charge in [0.05, 0.1) is 17.8 Å². The van der Waals surface area contributed by atoms with Gasteiger partial charge >= 0.3 is 6.18 Å². The first kappa shape index (κ1) is 16.5. The van der Waals surface area contributed by atoms with Gasteiger partial charge in [-0.15, -0.1) is 0 Å². The first-order valence-corrected chi connectivity index (χ1v) is 7.19. The molecule has 2 aromatic rings. The zero-order valence-electron chi connectivity index (χ0n) is 12.1. The number of alkyl halides is 3. The Morgan fingerprint density at radius 3 is 2.75 bits per heavy atom. The van der Waals surface area contributed by atoms with E-state index in [4.69, 9.17) is 25.5 Å². The maximum absolute atomic E-state index is 12.8. The summed E-state index contributed by atoms with van der Waals surface area (Å²) < 4.78 is 53.7. The molecule has 2 heterocycles. The number of hydrogen-bond donors (Lipinski definition) is 0. The largest absolute Gasteiger partial charge is 0.467 e. The Bertz CT molecular complexity index is 746. The number of fused-ring (bicyclic) bond motifs is 1. The molecule has 1 aliphatic heterocycles. The molecule has 0 saturated carbocycles. The van der Waals surface area contributed by atoms with Crippen LogP contribution >= 0.6 is 11.6 Å². The van der Waals surface area contributed by atoms with E-state index >= 15 is 0 Å². The zero-order chi connectivity index (χ0) is 17.3. The molecule has 3 rings (SSSR count). The smallest absolute Gasteiger partial charge is 0.406 e. The van der Waals surface area contributed by atoms with Crippen LogP contribution in [-0.2, 0) is 6.54 Å². The standard InChI is InChI=1S/C15H11ClF3NO4/c16-11-4-9(5-12-13(11)24-8-23-12)14(21)20(7-15(17,18)19)6-10-2-1-3-22-10/h1-5H,6-8H2. The third-order valence-electron chi connectivity index (χ3n) is 3.26. The summed E-state index contributed by atoms with van der Waals surface area (Å²) in [6.45, 7) is -1.80. The quantitative estimate of drug-likeness (QED) is 0.829. The summed E-state index contributed by atoms with van der Waals surface area (Å²) in [6.07, 6.45) is -3.23. The van der Waals surface area contributed by atoms with Gasteiger partial charge in [0.15, 0.2) is 11.5 Å². The lowest BCUT2D eigenvalue weighted by atomic mass is 10.1. The normalized spacial score (nSPS) is 13.2. The van der Waals surface area contributed by atoms with E-state index in [-0.39, 0.29) is 41.2 Å². The fraction of sp³-hybridized carbons (Fsp3) is 0.267. The number of carbonyl (C=O) groups excluding carboxylic acids is 1. The van der Waals surface area contributed by atoms with Crippen LogP contribution in [0.1, 0.15) is 16.1 Å². The van der Waals surface area contributed by atoms with Crippen LogP contribution in [0, 0.1) is 0 Å². The van der Waals surface area contributed by atoms with Crippen molar-refractivity contribution in [1.29, 1.82) is 0 Å². The minimum atomic E-state index is -4.55. The number of halogens is 4. The monoisotopic (exact) mass is 361 g/mol. The summed E-state index contributed by atoms with van der Waals surface area (Å²) in [7, 11) is 0. The maximum Gasteiger partial charge on any atom is 0.406 e. The molecule has 0 bridgehead atoms. The van der Waals surface area contributed by atoms with Crippen LogP contribution in [-0.4, -0.2) is 30.3 Å². The zero-order valence-corrected chi connectivity index (χ0v) is 12.9. The number of ether oxygens (including phenoxy) is 2. The Labute approximate surface area is 139 Å². The Kier molecular flexibility index (Phi) is 4.31. The lowest BCUT2D eigenvalue weighted by molar-refractivity contribution is -0.142. The van der Waals surface area contributed by atoms with Crippen molar-refractivity contribution in [3.05, 3.63) is 46.9 Å². The number of furan rings is 1. The van der Waals surface area contributed by atoms with Crippen molar-refractivity contribution in [2.75, 3.05) is 13.3 Å².